The minimum absolute atomic E-state index is 0.0689. The maximum absolute atomic E-state index is 10.9. The molecule has 0 fully saturated rings. The Labute approximate surface area is 337 Å². The van der Waals surface area contributed by atoms with Gasteiger partial charge in [0.2, 0.25) is 0 Å². The Morgan fingerprint density at radius 2 is 1.11 bits per heavy atom. The zero-order chi connectivity index (χ0) is 41.3. The number of hydrogen-bond acceptors (Lipinski definition) is 12. The summed E-state index contributed by atoms with van der Waals surface area (Å²) in [4.78, 5) is 1.86. The van der Waals surface area contributed by atoms with E-state index < -0.39 is 12.2 Å². The van der Waals surface area contributed by atoms with E-state index in [1.165, 1.54) is 0 Å². The Kier molecular flexibility index (Phi) is 20.7. The second-order valence-corrected chi connectivity index (χ2v) is 12.1. The molecule has 57 heavy (non-hydrogen) atoms. The number of methoxy groups -OCH3 is 4. The van der Waals surface area contributed by atoms with Crippen molar-refractivity contribution in [3.05, 3.63) is 71.3 Å². The van der Waals surface area contributed by atoms with Crippen molar-refractivity contribution in [3.8, 4) is 95.7 Å². The predicted octanol–water partition coefficient (Wildman–Crippen LogP) is 4.00. The SMILES string of the molecule is C#CCNCC(OCC#C)c1ccc(OC)c(OCNCC(OCC#C)c2ccc(OC)c(OCC#CCN(CC#C)CC(O)c3ccc(OC)c(OC)c3)c2)c1. The highest BCUT2D eigenvalue weighted by Gasteiger charge is 2.18. The summed E-state index contributed by atoms with van der Waals surface area (Å²) in [6.45, 7) is 2.47. The van der Waals surface area contributed by atoms with Crippen LogP contribution in [0.4, 0.5) is 0 Å². The fraction of sp³-hybridized carbons (Fsp3) is 0.378. The van der Waals surface area contributed by atoms with Crippen molar-refractivity contribution in [2.45, 2.75) is 18.3 Å². The van der Waals surface area contributed by atoms with Gasteiger partial charge in [0.25, 0.3) is 0 Å². The van der Waals surface area contributed by atoms with Gasteiger partial charge in [-0.15, -0.1) is 25.7 Å². The van der Waals surface area contributed by atoms with Gasteiger partial charge in [0.1, 0.15) is 26.6 Å². The van der Waals surface area contributed by atoms with Crippen LogP contribution < -0.4 is 39.1 Å². The van der Waals surface area contributed by atoms with Gasteiger partial charge >= 0.3 is 0 Å². The van der Waals surface area contributed by atoms with E-state index in [9.17, 15) is 5.11 Å². The average Bonchev–Trinajstić information content (AvgIpc) is 3.24. The molecule has 0 saturated carbocycles. The van der Waals surface area contributed by atoms with Gasteiger partial charge in [-0.25, -0.2) is 0 Å². The highest BCUT2D eigenvalue weighted by Crippen LogP contribution is 2.33. The number of aliphatic hydroxyl groups excluding tert-OH is 1. The fourth-order valence-corrected chi connectivity index (χ4v) is 5.51. The molecule has 3 aromatic rings. The Hall–Kier alpha value is -5.98. The minimum atomic E-state index is -0.826. The number of rotatable bonds is 25. The predicted molar refractivity (Wildman–Crippen MR) is 219 cm³/mol. The standard InChI is InChI=1S/C45H51N3O9/c1-9-21-46-30-44(54-24-11-3)36-17-20-40(52-7)43(29-36)57-33-47-31-45(55-25-12-4)35-16-19-39(51-6)42(28-35)56-26-14-13-23-48(22-10-2)32-37(49)34-15-18-38(50-5)41(27-34)53-8/h1-4,15-20,27-29,37,44-47,49H,21-26,30-33H2,5-8H3. The first-order valence-electron chi connectivity index (χ1n) is 17.9. The van der Waals surface area contributed by atoms with Crippen LogP contribution in [-0.2, 0) is 9.47 Å². The molecule has 300 valence electrons. The highest BCUT2D eigenvalue weighted by molar-refractivity contribution is 5.45. The zero-order valence-corrected chi connectivity index (χ0v) is 33.0. The molecule has 0 amide bonds. The lowest BCUT2D eigenvalue weighted by Gasteiger charge is -2.21. The summed E-state index contributed by atoms with van der Waals surface area (Å²) in [6.07, 6.45) is 20.3. The summed E-state index contributed by atoms with van der Waals surface area (Å²) in [5, 5.41) is 17.3. The van der Waals surface area contributed by atoms with E-state index in [2.05, 4.69) is 46.2 Å². The molecule has 0 heterocycles. The van der Waals surface area contributed by atoms with Gasteiger partial charge in [-0.2, -0.15) is 0 Å². The first-order valence-corrected chi connectivity index (χ1v) is 17.9. The van der Waals surface area contributed by atoms with E-state index in [-0.39, 0.29) is 39.2 Å². The number of ether oxygens (including phenoxy) is 8. The van der Waals surface area contributed by atoms with E-state index in [0.29, 0.717) is 72.8 Å². The minimum Gasteiger partial charge on any atom is -0.493 e. The number of benzene rings is 3. The molecule has 12 nitrogen and oxygen atoms in total. The largest absolute Gasteiger partial charge is 0.493 e. The number of terminal acetylenes is 4. The van der Waals surface area contributed by atoms with Crippen LogP contribution in [0.25, 0.3) is 0 Å². The molecule has 3 aromatic carbocycles. The molecule has 0 aliphatic carbocycles. The van der Waals surface area contributed by atoms with Crippen molar-refractivity contribution in [1.29, 1.82) is 0 Å². The lowest BCUT2D eigenvalue weighted by Crippen LogP contribution is -2.29. The number of nitrogens with zero attached hydrogens (tertiary/aromatic N) is 1. The van der Waals surface area contributed by atoms with Crippen molar-refractivity contribution >= 4 is 0 Å². The van der Waals surface area contributed by atoms with Gasteiger partial charge in [0.15, 0.2) is 34.5 Å². The third kappa shape index (κ3) is 14.9. The quantitative estimate of drug-likeness (QED) is 0.0656. The molecule has 0 aromatic heterocycles. The maximum Gasteiger partial charge on any atom is 0.163 e. The van der Waals surface area contributed by atoms with Gasteiger partial charge in [0, 0.05) is 19.6 Å². The average molecular weight is 778 g/mol. The molecule has 0 radical (unpaired) electrons. The molecular formula is C45H51N3O9. The molecule has 12 heteroatoms. The van der Waals surface area contributed by atoms with Crippen LogP contribution in [0, 0.1) is 61.2 Å². The van der Waals surface area contributed by atoms with Crippen LogP contribution >= 0.6 is 0 Å². The molecule has 0 saturated heterocycles. The topological polar surface area (TPSA) is 121 Å². The van der Waals surface area contributed by atoms with Crippen molar-refractivity contribution in [2.24, 2.45) is 0 Å². The van der Waals surface area contributed by atoms with Crippen molar-refractivity contribution in [3.63, 3.8) is 0 Å². The lowest BCUT2D eigenvalue weighted by molar-refractivity contribution is 0.0718. The third-order valence-corrected chi connectivity index (χ3v) is 8.34. The molecule has 3 atom stereocenters. The first kappa shape index (κ1) is 45.4. The van der Waals surface area contributed by atoms with E-state index in [4.69, 9.17) is 63.6 Å². The number of nitrogens with one attached hydrogen (secondary N) is 2. The van der Waals surface area contributed by atoms with Crippen LogP contribution in [0.5, 0.6) is 34.5 Å². The van der Waals surface area contributed by atoms with E-state index >= 15 is 0 Å². The van der Waals surface area contributed by atoms with Crippen molar-refractivity contribution in [1.82, 2.24) is 15.5 Å². The summed E-state index contributed by atoms with van der Waals surface area (Å²) in [5.74, 6) is 19.4. The smallest absolute Gasteiger partial charge is 0.163 e. The summed E-state index contributed by atoms with van der Waals surface area (Å²) in [6, 6.07) is 16.3. The second-order valence-electron chi connectivity index (χ2n) is 12.1. The van der Waals surface area contributed by atoms with Gasteiger partial charge in [-0.05, 0) is 53.1 Å². The zero-order valence-electron chi connectivity index (χ0n) is 33.0. The Morgan fingerprint density at radius 1 is 0.579 bits per heavy atom. The summed E-state index contributed by atoms with van der Waals surface area (Å²) >= 11 is 0. The Balaban J connectivity index is 1.64. The lowest BCUT2D eigenvalue weighted by atomic mass is 10.1. The van der Waals surface area contributed by atoms with Crippen molar-refractivity contribution in [2.75, 3.05) is 94.3 Å². The fourth-order valence-electron chi connectivity index (χ4n) is 5.51. The van der Waals surface area contributed by atoms with Gasteiger partial charge < -0.3 is 48.3 Å². The third-order valence-electron chi connectivity index (χ3n) is 8.34. The highest BCUT2D eigenvalue weighted by atomic mass is 16.5. The molecule has 3 rings (SSSR count). The molecule has 0 aliphatic rings. The van der Waals surface area contributed by atoms with Crippen LogP contribution in [0.3, 0.4) is 0 Å². The van der Waals surface area contributed by atoms with Crippen LogP contribution in [-0.4, -0.2) is 104 Å². The first-order chi connectivity index (χ1) is 27.8. The molecule has 3 unspecified atom stereocenters. The van der Waals surface area contributed by atoms with Gasteiger partial charge in [-0.1, -0.05) is 53.7 Å². The summed E-state index contributed by atoms with van der Waals surface area (Å²) in [7, 11) is 6.22. The summed E-state index contributed by atoms with van der Waals surface area (Å²) < 4.78 is 45.7. The van der Waals surface area contributed by atoms with Gasteiger partial charge in [-0.3, -0.25) is 10.2 Å². The van der Waals surface area contributed by atoms with Crippen molar-refractivity contribution < 1.29 is 43.0 Å². The van der Waals surface area contributed by atoms with Crippen LogP contribution in [0.15, 0.2) is 54.6 Å². The second kappa shape index (κ2) is 26.0. The van der Waals surface area contributed by atoms with E-state index in [1.54, 1.807) is 58.8 Å². The Bertz CT molecular complexity index is 1930. The molecule has 0 bridgehead atoms. The van der Waals surface area contributed by atoms with Gasteiger partial charge in [0.05, 0.1) is 66.4 Å². The molecular weight excluding hydrogens is 727 g/mol. The number of aliphatic hydroxyl groups is 1. The van der Waals surface area contributed by atoms with Crippen LogP contribution in [0.2, 0.25) is 0 Å². The Morgan fingerprint density at radius 3 is 1.65 bits per heavy atom. The summed E-state index contributed by atoms with van der Waals surface area (Å²) in [5.41, 5.74) is 2.29. The van der Waals surface area contributed by atoms with E-state index in [1.807, 2.05) is 29.2 Å². The molecule has 0 aliphatic heterocycles. The normalized spacial score (nSPS) is 12.0. The van der Waals surface area contributed by atoms with Crippen LogP contribution in [0.1, 0.15) is 35.0 Å². The van der Waals surface area contributed by atoms with E-state index in [0.717, 1.165) is 11.1 Å². The molecule has 3 N–H and O–H groups in total. The maximum atomic E-state index is 10.9. The molecule has 0 spiro atoms. The number of hydrogen-bond donors (Lipinski definition) is 3. The monoisotopic (exact) mass is 777 g/mol.